The van der Waals surface area contributed by atoms with Gasteiger partial charge in [-0.25, -0.2) is 4.39 Å². The van der Waals surface area contributed by atoms with Crippen molar-refractivity contribution in [3.8, 4) is 11.4 Å². The quantitative estimate of drug-likeness (QED) is 0.550. The Morgan fingerprint density at radius 1 is 1.03 bits per heavy atom. The molecule has 0 saturated heterocycles. The lowest BCUT2D eigenvalue weighted by atomic mass is 10.0. The van der Waals surface area contributed by atoms with Crippen LogP contribution in [0.2, 0.25) is 0 Å². The van der Waals surface area contributed by atoms with E-state index in [9.17, 15) is 18.8 Å². The van der Waals surface area contributed by atoms with Crippen LogP contribution in [-0.2, 0) is 4.79 Å². The van der Waals surface area contributed by atoms with Gasteiger partial charge in [0.05, 0.1) is 11.1 Å². The third-order valence-corrected chi connectivity index (χ3v) is 5.41. The number of carbonyl (C=O) groups is 3. The Morgan fingerprint density at radius 2 is 1.64 bits per heavy atom. The van der Waals surface area contributed by atoms with E-state index in [4.69, 9.17) is 4.52 Å². The van der Waals surface area contributed by atoms with Crippen LogP contribution in [0.3, 0.4) is 0 Å². The Kier molecular flexibility index (Phi) is 6.04. The predicted octanol–water partition coefficient (Wildman–Crippen LogP) is 3.76. The van der Waals surface area contributed by atoms with E-state index in [1.165, 1.54) is 24.3 Å². The molecule has 9 heteroatoms. The molecule has 0 saturated carbocycles. The predicted molar refractivity (Wildman–Crippen MR) is 116 cm³/mol. The Hall–Kier alpha value is -3.88. The minimum Gasteiger partial charge on any atom is -0.343 e. The molecule has 3 aromatic rings. The van der Waals surface area contributed by atoms with Crippen LogP contribution in [0.4, 0.5) is 4.39 Å². The summed E-state index contributed by atoms with van der Waals surface area (Å²) in [4.78, 5) is 44.4. The van der Waals surface area contributed by atoms with Crippen LogP contribution in [0.5, 0.6) is 0 Å². The topological polar surface area (TPSA) is 105 Å². The Bertz CT molecular complexity index is 1170. The van der Waals surface area contributed by atoms with Crippen molar-refractivity contribution in [2.24, 2.45) is 5.92 Å². The monoisotopic (exact) mass is 450 g/mol. The first-order chi connectivity index (χ1) is 15.8. The van der Waals surface area contributed by atoms with Gasteiger partial charge in [0, 0.05) is 5.56 Å². The number of imide groups is 1. The zero-order valence-corrected chi connectivity index (χ0v) is 18.4. The highest BCUT2D eigenvalue weighted by atomic mass is 19.1. The van der Waals surface area contributed by atoms with Crippen molar-refractivity contribution in [2.45, 2.75) is 39.3 Å². The minimum atomic E-state index is -0.987. The molecular formula is C24H23FN4O4. The molecule has 0 aliphatic carbocycles. The van der Waals surface area contributed by atoms with E-state index in [-0.39, 0.29) is 34.6 Å². The smallest absolute Gasteiger partial charge is 0.262 e. The van der Waals surface area contributed by atoms with Gasteiger partial charge in [0.1, 0.15) is 17.9 Å². The summed E-state index contributed by atoms with van der Waals surface area (Å²) in [6.45, 7) is 5.48. The first kappa shape index (κ1) is 22.3. The maximum absolute atomic E-state index is 13.2. The molecule has 33 heavy (non-hydrogen) atoms. The van der Waals surface area contributed by atoms with Gasteiger partial charge in [-0.1, -0.05) is 31.1 Å². The highest BCUT2D eigenvalue weighted by Crippen LogP contribution is 2.27. The summed E-state index contributed by atoms with van der Waals surface area (Å²) in [5.41, 5.74) is 1.14. The zero-order valence-electron chi connectivity index (χ0n) is 18.4. The van der Waals surface area contributed by atoms with Crippen LogP contribution in [0.1, 0.15) is 59.8 Å². The van der Waals surface area contributed by atoms with Crippen LogP contribution in [0, 0.1) is 11.7 Å². The Labute approximate surface area is 189 Å². The summed E-state index contributed by atoms with van der Waals surface area (Å²) in [6.07, 6.45) is 0.300. The SMILES string of the molecule is CC(C)CC(C(=O)NC(C)c1nc(-c2ccc(F)cc2)no1)N1C(=O)c2ccccc2C1=O. The molecule has 0 radical (unpaired) electrons. The van der Waals surface area contributed by atoms with Crippen molar-refractivity contribution >= 4 is 17.7 Å². The summed E-state index contributed by atoms with van der Waals surface area (Å²) in [5.74, 6) is -1.40. The van der Waals surface area contributed by atoms with E-state index in [1.54, 1.807) is 31.2 Å². The number of nitrogens with zero attached hydrogens (tertiary/aromatic N) is 3. The van der Waals surface area contributed by atoms with Crippen molar-refractivity contribution in [3.63, 3.8) is 0 Å². The molecule has 1 aromatic heterocycles. The van der Waals surface area contributed by atoms with Gasteiger partial charge in [-0.05, 0) is 55.7 Å². The molecule has 4 rings (SSSR count). The number of carbonyl (C=O) groups excluding carboxylic acids is 3. The second-order valence-electron chi connectivity index (χ2n) is 8.36. The molecule has 0 spiro atoms. The molecule has 2 unspecified atom stereocenters. The van der Waals surface area contributed by atoms with Crippen LogP contribution in [0.15, 0.2) is 53.1 Å². The Balaban J connectivity index is 1.53. The van der Waals surface area contributed by atoms with Gasteiger partial charge in [0.15, 0.2) is 0 Å². The average molecular weight is 450 g/mol. The number of fused-ring (bicyclic) bond motifs is 1. The summed E-state index contributed by atoms with van der Waals surface area (Å²) in [7, 11) is 0. The maximum atomic E-state index is 13.2. The number of nitrogens with one attached hydrogen (secondary N) is 1. The van der Waals surface area contributed by atoms with E-state index >= 15 is 0 Å². The molecule has 0 bridgehead atoms. The molecule has 1 aliphatic rings. The van der Waals surface area contributed by atoms with Crippen LogP contribution in [-0.4, -0.2) is 38.8 Å². The highest BCUT2D eigenvalue weighted by molar-refractivity contribution is 6.22. The number of rotatable bonds is 7. The second-order valence-corrected chi connectivity index (χ2v) is 8.36. The molecule has 2 aromatic carbocycles. The van der Waals surface area contributed by atoms with Crippen LogP contribution >= 0.6 is 0 Å². The summed E-state index contributed by atoms with van der Waals surface area (Å²) in [6, 6.07) is 10.5. The van der Waals surface area contributed by atoms with Crippen LogP contribution < -0.4 is 5.32 Å². The largest absolute Gasteiger partial charge is 0.343 e. The molecule has 2 atom stereocenters. The molecular weight excluding hydrogens is 427 g/mol. The number of aromatic nitrogens is 2. The molecule has 170 valence electrons. The zero-order chi connectivity index (χ0) is 23.7. The van der Waals surface area contributed by atoms with Gasteiger partial charge >= 0.3 is 0 Å². The molecule has 0 fully saturated rings. The minimum absolute atomic E-state index is 0.0499. The second kappa shape index (κ2) is 8.93. The van der Waals surface area contributed by atoms with Gasteiger partial charge in [-0.15, -0.1) is 0 Å². The molecule has 2 heterocycles. The third kappa shape index (κ3) is 4.39. The summed E-state index contributed by atoms with van der Waals surface area (Å²) >= 11 is 0. The van der Waals surface area contributed by atoms with Crippen molar-refractivity contribution in [3.05, 3.63) is 71.4 Å². The molecule has 1 aliphatic heterocycles. The highest BCUT2D eigenvalue weighted by Gasteiger charge is 2.43. The first-order valence-corrected chi connectivity index (χ1v) is 10.6. The van der Waals surface area contributed by atoms with E-state index < -0.39 is 29.8 Å². The van der Waals surface area contributed by atoms with E-state index in [0.717, 1.165) is 4.90 Å². The fourth-order valence-corrected chi connectivity index (χ4v) is 3.77. The lowest BCUT2D eigenvalue weighted by molar-refractivity contribution is -0.126. The maximum Gasteiger partial charge on any atom is 0.262 e. The van der Waals surface area contributed by atoms with Gasteiger partial charge < -0.3 is 9.84 Å². The molecule has 8 nitrogen and oxygen atoms in total. The van der Waals surface area contributed by atoms with Gasteiger partial charge in [0.2, 0.25) is 17.6 Å². The lowest BCUT2D eigenvalue weighted by Crippen LogP contribution is -2.50. The fourth-order valence-electron chi connectivity index (χ4n) is 3.77. The summed E-state index contributed by atoms with van der Waals surface area (Å²) < 4.78 is 18.4. The molecule has 1 N–H and O–H groups in total. The normalized spacial score (nSPS) is 15.0. The van der Waals surface area contributed by atoms with Crippen LogP contribution in [0.25, 0.3) is 11.4 Å². The van der Waals surface area contributed by atoms with Gasteiger partial charge in [-0.3, -0.25) is 19.3 Å². The number of hydrogen-bond acceptors (Lipinski definition) is 6. The van der Waals surface area contributed by atoms with Crippen molar-refractivity contribution in [2.75, 3.05) is 0 Å². The van der Waals surface area contributed by atoms with Crippen molar-refractivity contribution in [1.82, 2.24) is 20.4 Å². The van der Waals surface area contributed by atoms with Crippen molar-refractivity contribution < 1.29 is 23.3 Å². The third-order valence-electron chi connectivity index (χ3n) is 5.41. The number of hydrogen-bond donors (Lipinski definition) is 1. The van der Waals surface area contributed by atoms with E-state index in [2.05, 4.69) is 15.5 Å². The summed E-state index contributed by atoms with van der Waals surface area (Å²) in [5, 5.41) is 6.67. The fraction of sp³-hybridized carbons (Fsp3) is 0.292. The number of benzene rings is 2. The lowest BCUT2D eigenvalue weighted by Gasteiger charge is -2.27. The van der Waals surface area contributed by atoms with Gasteiger partial charge in [0.25, 0.3) is 11.8 Å². The molecule has 3 amide bonds. The van der Waals surface area contributed by atoms with E-state index in [1.807, 2.05) is 13.8 Å². The number of amides is 3. The van der Waals surface area contributed by atoms with E-state index in [0.29, 0.717) is 12.0 Å². The van der Waals surface area contributed by atoms with Gasteiger partial charge in [-0.2, -0.15) is 4.98 Å². The average Bonchev–Trinajstić information content (AvgIpc) is 3.37. The van der Waals surface area contributed by atoms with Crippen molar-refractivity contribution in [1.29, 1.82) is 0 Å². The standard InChI is InChI=1S/C24H23FN4O4/c1-13(2)12-19(29-23(31)17-6-4-5-7-18(17)24(29)32)21(30)26-14(3)22-27-20(28-33-22)15-8-10-16(25)11-9-15/h4-11,13-14,19H,12H2,1-3H3,(H,26,30). The first-order valence-electron chi connectivity index (χ1n) is 10.6. The Morgan fingerprint density at radius 3 is 2.21 bits per heavy atom. The number of halogens is 1.